The zero-order valence-electron chi connectivity index (χ0n) is 11.4. The highest BCUT2D eigenvalue weighted by Gasteiger charge is 2.49. The summed E-state index contributed by atoms with van der Waals surface area (Å²) in [4.78, 5) is 2.69. The molecule has 4 nitrogen and oxygen atoms in total. The molecule has 3 aliphatic rings. The monoisotopic (exact) mass is 253 g/mol. The van der Waals surface area contributed by atoms with Gasteiger partial charge in [0.25, 0.3) is 0 Å². The van der Waals surface area contributed by atoms with Gasteiger partial charge in [0.1, 0.15) is 0 Å². The van der Waals surface area contributed by atoms with E-state index >= 15 is 0 Å². The van der Waals surface area contributed by atoms with Crippen LogP contribution in [-0.4, -0.2) is 42.8 Å². The standard InChI is InChI=1S/C14H27N3O/c15-16-13(12-4-3-5-12)14(6-1-2-7-14)17-8-10-18-11-9-17/h12-13,16H,1-11,15H2. The zero-order chi connectivity index (χ0) is 12.4. The van der Waals surface area contributed by atoms with Gasteiger partial charge in [0.15, 0.2) is 0 Å². The molecule has 0 aromatic heterocycles. The van der Waals surface area contributed by atoms with Gasteiger partial charge in [0.05, 0.1) is 13.2 Å². The summed E-state index contributed by atoms with van der Waals surface area (Å²) in [6.07, 6.45) is 9.48. The van der Waals surface area contributed by atoms with Crippen molar-refractivity contribution in [1.82, 2.24) is 10.3 Å². The summed E-state index contributed by atoms with van der Waals surface area (Å²) < 4.78 is 5.53. The summed E-state index contributed by atoms with van der Waals surface area (Å²) in [5.41, 5.74) is 3.52. The van der Waals surface area contributed by atoms with E-state index in [1.807, 2.05) is 0 Å². The smallest absolute Gasteiger partial charge is 0.0594 e. The molecule has 3 rings (SSSR count). The lowest BCUT2D eigenvalue weighted by molar-refractivity contribution is -0.0514. The van der Waals surface area contributed by atoms with E-state index in [-0.39, 0.29) is 0 Å². The van der Waals surface area contributed by atoms with Gasteiger partial charge < -0.3 is 4.74 Å². The van der Waals surface area contributed by atoms with E-state index in [1.54, 1.807) is 0 Å². The first-order valence-corrected chi connectivity index (χ1v) is 7.66. The maximum Gasteiger partial charge on any atom is 0.0594 e. The first-order valence-electron chi connectivity index (χ1n) is 7.66. The van der Waals surface area contributed by atoms with Gasteiger partial charge in [0.2, 0.25) is 0 Å². The summed E-state index contributed by atoms with van der Waals surface area (Å²) >= 11 is 0. The van der Waals surface area contributed by atoms with Crippen LogP contribution in [0, 0.1) is 5.92 Å². The molecule has 0 aromatic rings. The molecule has 4 heteroatoms. The number of hydrogen-bond donors (Lipinski definition) is 2. The predicted octanol–water partition coefficient (Wildman–Crippen LogP) is 1.26. The number of nitrogens with one attached hydrogen (secondary N) is 1. The Balaban J connectivity index is 1.79. The average Bonchev–Trinajstić information content (AvgIpc) is 2.85. The fourth-order valence-corrected chi connectivity index (χ4v) is 4.32. The Morgan fingerprint density at radius 3 is 2.28 bits per heavy atom. The number of hydrazine groups is 1. The van der Waals surface area contributed by atoms with Crippen LogP contribution in [0.25, 0.3) is 0 Å². The number of ether oxygens (including phenoxy) is 1. The van der Waals surface area contributed by atoms with Gasteiger partial charge in [-0.2, -0.15) is 0 Å². The van der Waals surface area contributed by atoms with Crippen molar-refractivity contribution in [3.05, 3.63) is 0 Å². The highest BCUT2D eigenvalue weighted by atomic mass is 16.5. The second-order valence-electron chi connectivity index (χ2n) is 6.25. The molecule has 0 aromatic carbocycles. The topological polar surface area (TPSA) is 50.5 Å². The minimum Gasteiger partial charge on any atom is -0.379 e. The molecule has 1 saturated heterocycles. The fraction of sp³-hybridized carbons (Fsp3) is 1.00. The van der Waals surface area contributed by atoms with Crippen LogP contribution in [0.15, 0.2) is 0 Å². The molecule has 0 bridgehead atoms. The Kier molecular flexibility index (Phi) is 3.89. The Hall–Kier alpha value is -0.160. The van der Waals surface area contributed by atoms with E-state index < -0.39 is 0 Å². The molecule has 0 radical (unpaired) electrons. The number of nitrogens with two attached hydrogens (primary N) is 1. The summed E-state index contributed by atoms with van der Waals surface area (Å²) in [6, 6.07) is 0.492. The molecule has 104 valence electrons. The van der Waals surface area contributed by atoms with Crippen molar-refractivity contribution in [2.24, 2.45) is 11.8 Å². The van der Waals surface area contributed by atoms with Gasteiger partial charge in [-0.15, -0.1) is 0 Å². The second kappa shape index (κ2) is 5.45. The van der Waals surface area contributed by atoms with Crippen molar-refractivity contribution < 1.29 is 4.74 Å². The molecular formula is C14H27N3O. The first-order chi connectivity index (χ1) is 8.87. The van der Waals surface area contributed by atoms with Crippen molar-refractivity contribution >= 4 is 0 Å². The Morgan fingerprint density at radius 1 is 1.11 bits per heavy atom. The van der Waals surface area contributed by atoms with E-state index in [0.29, 0.717) is 11.6 Å². The van der Waals surface area contributed by atoms with Crippen LogP contribution < -0.4 is 11.3 Å². The summed E-state index contributed by atoms with van der Waals surface area (Å²) in [5.74, 6) is 6.75. The molecule has 1 heterocycles. The van der Waals surface area contributed by atoms with Gasteiger partial charge in [-0.25, -0.2) is 0 Å². The van der Waals surface area contributed by atoms with E-state index in [9.17, 15) is 0 Å². The summed E-state index contributed by atoms with van der Waals surface area (Å²) in [6.45, 7) is 3.96. The van der Waals surface area contributed by atoms with Gasteiger partial charge in [0, 0.05) is 24.7 Å². The molecule has 3 N–H and O–H groups in total. The zero-order valence-corrected chi connectivity index (χ0v) is 11.4. The van der Waals surface area contributed by atoms with Crippen LogP contribution in [0.5, 0.6) is 0 Å². The average molecular weight is 253 g/mol. The quantitative estimate of drug-likeness (QED) is 0.585. The van der Waals surface area contributed by atoms with Crippen LogP contribution in [0.2, 0.25) is 0 Å². The molecule has 3 fully saturated rings. The SMILES string of the molecule is NNC(C1CCC1)C1(N2CCOCC2)CCCC1. The second-order valence-corrected chi connectivity index (χ2v) is 6.25. The molecular weight excluding hydrogens is 226 g/mol. The third-order valence-corrected chi connectivity index (χ3v) is 5.49. The van der Waals surface area contributed by atoms with E-state index in [4.69, 9.17) is 10.6 Å². The number of rotatable bonds is 4. The maximum atomic E-state index is 5.95. The Labute approximate surface area is 110 Å². The van der Waals surface area contributed by atoms with Crippen LogP contribution >= 0.6 is 0 Å². The Bertz CT molecular complexity index is 268. The highest BCUT2D eigenvalue weighted by molar-refractivity contribution is 5.07. The third-order valence-electron chi connectivity index (χ3n) is 5.49. The maximum absolute atomic E-state index is 5.95. The fourth-order valence-electron chi connectivity index (χ4n) is 4.32. The summed E-state index contributed by atoms with van der Waals surface area (Å²) in [7, 11) is 0. The van der Waals surface area contributed by atoms with Crippen LogP contribution in [0.1, 0.15) is 44.9 Å². The third kappa shape index (κ3) is 2.09. The molecule has 1 atom stereocenters. The minimum atomic E-state index is 0.323. The van der Waals surface area contributed by atoms with Gasteiger partial charge in [-0.05, 0) is 31.6 Å². The van der Waals surface area contributed by atoms with E-state index in [0.717, 1.165) is 32.2 Å². The number of hydrogen-bond acceptors (Lipinski definition) is 4. The van der Waals surface area contributed by atoms with Crippen molar-refractivity contribution in [3.8, 4) is 0 Å². The van der Waals surface area contributed by atoms with Crippen LogP contribution in [0.3, 0.4) is 0 Å². The lowest BCUT2D eigenvalue weighted by Crippen LogP contribution is -2.66. The molecule has 2 aliphatic carbocycles. The summed E-state index contributed by atoms with van der Waals surface area (Å²) in [5, 5.41) is 0. The van der Waals surface area contributed by atoms with E-state index in [1.165, 1.54) is 44.9 Å². The highest BCUT2D eigenvalue weighted by Crippen LogP contribution is 2.44. The lowest BCUT2D eigenvalue weighted by atomic mass is 9.70. The lowest BCUT2D eigenvalue weighted by Gasteiger charge is -2.52. The first kappa shape index (κ1) is 12.9. The van der Waals surface area contributed by atoms with Crippen molar-refractivity contribution in [3.63, 3.8) is 0 Å². The normalized spacial score (nSPS) is 31.2. The van der Waals surface area contributed by atoms with Gasteiger partial charge >= 0.3 is 0 Å². The molecule has 1 unspecified atom stereocenters. The van der Waals surface area contributed by atoms with Gasteiger partial charge in [-0.3, -0.25) is 16.2 Å². The molecule has 1 aliphatic heterocycles. The number of morpholine rings is 1. The predicted molar refractivity (Wildman–Crippen MR) is 72.0 cm³/mol. The number of nitrogens with zero attached hydrogens (tertiary/aromatic N) is 1. The van der Waals surface area contributed by atoms with Crippen LogP contribution in [0.4, 0.5) is 0 Å². The molecule has 0 amide bonds. The molecule has 0 spiro atoms. The molecule has 2 saturated carbocycles. The van der Waals surface area contributed by atoms with Crippen molar-refractivity contribution in [2.45, 2.75) is 56.5 Å². The minimum absolute atomic E-state index is 0.323. The largest absolute Gasteiger partial charge is 0.379 e. The van der Waals surface area contributed by atoms with Gasteiger partial charge in [-0.1, -0.05) is 19.3 Å². The Morgan fingerprint density at radius 2 is 1.78 bits per heavy atom. The van der Waals surface area contributed by atoms with Crippen molar-refractivity contribution in [1.29, 1.82) is 0 Å². The molecule has 18 heavy (non-hydrogen) atoms. The van der Waals surface area contributed by atoms with Crippen molar-refractivity contribution in [2.75, 3.05) is 26.3 Å². The van der Waals surface area contributed by atoms with E-state index in [2.05, 4.69) is 10.3 Å². The van der Waals surface area contributed by atoms with Crippen LogP contribution in [-0.2, 0) is 4.74 Å².